The first-order chi connectivity index (χ1) is 6.86. The summed E-state index contributed by atoms with van der Waals surface area (Å²) < 4.78 is 0. The molecule has 0 spiro atoms. The molecule has 0 aliphatic rings. The summed E-state index contributed by atoms with van der Waals surface area (Å²) in [7, 11) is 0. The summed E-state index contributed by atoms with van der Waals surface area (Å²) in [5.41, 5.74) is 0.0238. The van der Waals surface area contributed by atoms with Crippen molar-refractivity contribution >= 4 is 17.8 Å². The molecule has 0 fully saturated rings. The Hall–Kier alpha value is -1.85. The van der Waals surface area contributed by atoms with Crippen LogP contribution in [0.2, 0.25) is 0 Å². The lowest BCUT2D eigenvalue weighted by atomic mass is 10.1. The van der Waals surface area contributed by atoms with E-state index >= 15 is 0 Å². The van der Waals surface area contributed by atoms with E-state index in [1.807, 2.05) is 0 Å². The first-order valence-corrected chi connectivity index (χ1v) is 4.27. The average molecular weight is 215 g/mol. The molecular weight excluding hydrogens is 202 g/mol. The van der Waals surface area contributed by atoms with Gasteiger partial charge in [0.1, 0.15) is 0 Å². The lowest BCUT2D eigenvalue weighted by Crippen LogP contribution is -2.27. The van der Waals surface area contributed by atoms with Crippen LogP contribution in [-0.2, 0) is 14.4 Å². The standard InChI is InChI=1S/C9H13NO5/c1-5(6(2)9(14)15)8(13)10-4-3-7(11)12/h3-4H2,1-2H3,(H,10,13)(H,11,12)(H,14,15). The second-order valence-electron chi connectivity index (χ2n) is 2.95. The predicted octanol–water partition coefficient (Wildman–Crippen LogP) is -0.00170. The van der Waals surface area contributed by atoms with Crippen molar-refractivity contribution in [2.75, 3.05) is 6.54 Å². The average Bonchev–Trinajstić information content (AvgIpc) is 2.14. The fourth-order valence-electron chi connectivity index (χ4n) is 0.746. The monoisotopic (exact) mass is 215 g/mol. The minimum Gasteiger partial charge on any atom is -0.481 e. The summed E-state index contributed by atoms with van der Waals surface area (Å²) in [6.07, 6.45) is -0.189. The van der Waals surface area contributed by atoms with Crippen LogP contribution in [0.4, 0.5) is 0 Å². The number of nitrogens with one attached hydrogen (secondary N) is 1. The van der Waals surface area contributed by atoms with E-state index in [-0.39, 0.29) is 24.1 Å². The number of rotatable bonds is 5. The SMILES string of the molecule is CC(C(=O)O)=C(C)C(=O)NCCC(=O)O. The quantitative estimate of drug-likeness (QED) is 0.560. The minimum absolute atomic E-state index is 0.0155. The van der Waals surface area contributed by atoms with Crippen molar-refractivity contribution in [2.45, 2.75) is 20.3 Å². The van der Waals surface area contributed by atoms with Crippen molar-refractivity contribution in [3.8, 4) is 0 Å². The van der Waals surface area contributed by atoms with Crippen LogP contribution in [0.15, 0.2) is 11.1 Å². The van der Waals surface area contributed by atoms with Crippen molar-refractivity contribution < 1.29 is 24.6 Å². The van der Waals surface area contributed by atoms with Crippen LogP contribution < -0.4 is 5.32 Å². The zero-order chi connectivity index (χ0) is 12.0. The third-order valence-electron chi connectivity index (χ3n) is 1.85. The molecule has 0 saturated heterocycles. The van der Waals surface area contributed by atoms with Crippen LogP contribution in [0.3, 0.4) is 0 Å². The molecule has 0 bridgehead atoms. The van der Waals surface area contributed by atoms with Crippen molar-refractivity contribution in [1.82, 2.24) is 5.32 Å². The molecule has 0 aliphatic heterocycles. The maximum absolute atomic E-state index is 11.2. The van der Waals surface area contributed by atoms with E-state index in [0.29, 0.717) is 0 Å². The molecule has 0 unspecified atom stereocenters. The Balaban J connectivity index is 4.28. The molecule has 84 valence electrons. The lowest BCUT2D eigenvalue weighted by molar-refractivity contribution is -0.137. The Kier molecular flexibility index (Phi) is 5.08. The number of amides is 1. The Morgan fingerprint density at radius 1 is 1.07 bits per heavy atom. The van der Waals surface area contributed by atoms with E-state index < -0.39 is 17.8 Å². The third-order valence-corrected chi connectivity index (χ3v) is 1.85. The van der Waals surface area contributed by atoms with Gasteiger partial charge in [-0.25, -0.2) is 4.79 Å². The molecule has 3 N–H and O–H groups in total. The zero-order valence-electron chi connectivity index (χ0n) is 8.53. The first-order valence-electron chi connectivity index (χ1n) is 4.27. The van der Waals surface area contributed by atoms with Gasteiger partial charge in [-0.05, 0) is 13.8 Å². The van der Waals surface area contributed by atoms with Crippen molar-refractivity contribution in [3.63, 3.8) is 0 Å². The molecule has 0 atom stereocenters. The minimum atomic E-state index is -1.17. The summed E-state index contributed by atoms with van der Waals surface area (Å²) in [5.74, 6) is -2.75. The molecule has 6 heteroatoms. The topological polar surface area (TPSA) is 104 Å². The maximum Gasteiger partial charge on any atom is 0.331 e. The highest BCUT2D eigenvalue weighted by molar-refractivity contribution is 6.01. The van der Waals surface area contributed by atoms with E-state index in [2.05, 4.69) is 5.32 Å². The highest BCUT2D eigenvalue weighted by Gasteiger charge is 2.12. The number of aliphatic carboxylic acids is 2. The van der Waals surface area contributed by atoms with Gasteiger partial charge in [0.05, 0.1) is 6.42 Å². The van der Waals surface area contributed by atoms with Crippen LogP contribution >= 0.6 is 0 Å². The summed E-state index contributed by atoms with van der Waals surface area (Å²) in [5, 5.41) is 19.2. The predicted molar refractivity (Wildman–Crippen MR) is 51.3 cm³/mol. The van der Waals surface area contributed by atoms with Crippen molar-refractivity contribution in [3.05, 3.63) is 11.1 Å². The van der Waals surface area contributed by atoms with E-state index in [4.69, 9.17) is 10.2 Å². The van der Waals surface area contributed by atoms with E-state index in [1.165, 1.54) is 13.8 Å². The molecular formula is C9H13NO5. The van der Waals surface area contributed by atoms with Crippen LogP contribution in [0, 0.1) is 0 Å². The van der Waals surface area contributed by atoms with Gasteiger partial charge in [-0.3, -0.25) is 9.59 Å². The molecule has 6 nitrogen and oxygen atoms in total. The molecule has 0 aromatic heterocycles. The molecule has 0 rings (SSSR count). The number of carbonyl (C=O) groups excluding carboxylic acids is 1. The zero-order valence-corrected chi connectivity index (χ0v) is 8.53. The van der Waals surface area contributed by atoms with Crippen LogP contribution in [0.5, 0.6) is 0 Å². The summed E-state index contributed by atoms with van der Waals surface area (Å²) in [6.45, 7) is 2.67. The molecule has 1 amide bonds. The Labute approximate surface area is 86.6 Å². The van der Waals surface area contributed by atoms with Gasteiger partial charge in [-0.1, -0.05) is 0 Å². The third kappa shape index (κ3) is 4.80. The van der Waals surface area contributed by atoms with Gasteiger partial charge >= 0.3 is 11.9 Å². The molecule has 15 heavy (non-hydrogen) atoms. The van der Waals surface area contributed by atoms with Gasteiger partial charge in [0.2, 0.25) is 5.91 Å². The number of carboxylic acids is 2. The normalized spacial score (nSPS) is 11.6. The molecule has 0 heterocycles. The van der Waals surface area contributed by atoms with Crippen LogP contribution in [0.1, 0.15) is 20.3 Å². The van der Waals surface area contributed by atoms with Gasteiger partial charge < -0.3 is 15.5 Å². The largest absolute Gasteiger partial charge is 0.481 e. The fraction of sp³-hybridized carbons (Fsp3) is 0.444. The van der Waals surface area contributed by atoms with E-state index in [1.54, 1.807) is 0 Å². The Morgan fingerprint density at radius 3 is 2.00 bits per heavy atom. The number of carboxylic acid groups (broad SMARTS) is 2. The molecule has 0 saturated carbocycles. The number of hydrogen-bond donors (Lipinski definition) is 3. The summed E-state index contributed by atoms with van der Waals surface area (Å²) >= 11 is 0. The van der Waals surface area contributed by atoms with E-state index in [0.717, 1.165) is 0 Å². The summed E-state index contributed by atoms with van der Waals surface area (Å²) in [6, 6.07) is 0. The van der Waals surface area contributed by atoms with Gasteiger partial charge in [-0.2, -0.15) is 0 Å². The van der Waals surface area contributed by atoms with Crippen LogP contribution in [0.25, 0.3) is 0 Å². The molecule has 0 aromatic rings. The Morgan fingerprint density at radius 2 is 1.60 bits per heavy atom. The Bertz CT molecular complexity index is 318. The fourth-order valence-corrected chi connectivity index (χ4v) is 0.746. The maximum atomic E-state index is 11.2. The van der Waals surface area contributed by atoms with E-state index in [9.17, 15) is 14.4 Å². The highest BCUT2D eigenvalue weighted by Crippen LogP contribution is 2.03. The second kappa shape index (κ2) is 5.79. The number of carbonyl (C=O) groups is 3. The van der Waals surface area contributed by atoms with Crippen molar-refractivity contribution in [1.29, 1.82) is 0 Å². The van der Waals surface area contributed by atoms with Crippen LogP contribution in [-0.4, -0.2) is 34.6 Å². The highest BCUT2D eigenvalue weighted by atomic mass is 16.4. The van der Waals surface area contributed by atoms with Crippen molar-refractivity contribution in [2.24, 2.45) is 0 Å². The number of hydrogen-bond acceptors (Lipinski definition) is 3. The smallest absolute Gasteiger partial charge is 0.331 e. The lowest BCUT2D eigenvalue weighted by Gasteiger charge is -2.05. The second-order valence-corrected chi connectivity index (χ2v) is 2.95. The molecule has 0 aromatic carbocycles. The van der Waals surface area contributed by atoms with Gasteiger partial charge in [-0.15, -0.1) is 0 Å². The molecule has 0 radical (unpaired) electrons. The van der Waals surface area contributed by atoms with Gasteiger partial charge in [0.25, 0.3) is 0 Å². The molecule has 0 aliphatic carbocycles. The first kappa shape index (κ1) is 13.2. The van der Waals surface area contributed by atoms with Gasteiger partial charge in [0, 0.05) is 17.7 Å². The van der Waals surface area contributed by atoms with Gasteiger partial charge in [0.15, 0.2) is 0 Å². The summed E-state index contributed by atoms with van der Waals surface area (Å²) in [4.78, 5) is 31.9.